The van der Waals surface area contributed by atoms with Crippen LogP contribution in [0.4, 0.5) is 14.5 Å². The molecule has 1 N–H and O–H groups in total. The molecular formula is C14H11Cl2F2N. The Balaban J connectivity index is 2.28. The van der Waals surface area contributed by atoms with Crippen LogP contribution in [-0.2, 0) is 0 Å². The van der Waals surface area contributed by atoms with Gasteiger partial charge in [-0.2, -0.15) is 0 Å². The first-order valence-corrected chi connectivity index (χ1v) is 6.39. The van der Waals surface area contributed by atoms with E-state index in [0.717, 1.165) is 0 Å². The van der Waals surface area contributed by atoms with Crippen molar-refractivity contribution in [2.75, 3.05) is 5.32 Å². The topological polar surface area (TPSA) is 12.0 Å². The molecule has 0 aliphatic heterocycles. The summed E-state index contributed by atoms with van der Waals surface area (Å²) in [5.41, 5.74) is 0.589. The highest BCUT2D eigenvalue weighted by Gasteiger charge is 2.16. The van der Waals surface area contributed by atoms with Gasteiger partial charge in [-0.05, 0) is 37.3 Å². The standard InChI is InChI=1S/C14H11Cl2F2N/c1-8(14-12(17)3-2-4-13(14)18)19-11-6-9(15)5-10(16)7-11/h2-8,19H,1H3. The number of anilines is 1. The molecular weight excluding hydrogens is 291 g/mol. The largest absolute Gasteiger partial charge is 0.378 e. The molecule has 0 amide bonds. The lowest BCUT2D eigenvalue weighted by Crippen LogP contribution is -2.10. The van der Waals surface area contributed by atoms with Crippen LogP contribution in [0.1, 0.15) is 18.5 Å². The second kappa shape index (κ2) is 5.76. The minimum absolute atomic E-state index is 0.0152. The summed E-state index contributed by atoms with van der Waals surface area (Å²) in [5.74, 6) is -1.18. The third-order valence-electron chi connectivity index (χ3n) is 2.68. The van der Waals surface area contributed by atoms with Gasteiger partial charge in [0.2, 0.25) is 0 Å². The molecule has 5 heteroatoms. The van der Waals surface area contributed by atoms with Crippen molar-refractivity contribution in [3.05, 3.63) is 63.6 Å². The molecule has 2 aromatic carbocycles. The summed E-state index contributed by atoms with van der Waals surface area (Å²) < 4.78 is 27.3. The van der Waals surface area contributed by atoms with Gasteiger partial charge in [-0.1, -0.05) is 29.3 Å². The van der Waals surface area contributed by atoms with Gasteiger partial charge in [0.15, 0.2) is 0 Å². The summed E-state index contributed by atoms with van der Waals surface area (Å²) in [6.07, 6.45) is 0. The van der Waals surface area contributed by atoms with Crippen LogP contribution in [0.3, 0.4) is 0 Å². The zero-order valence-corrected chi connectivity index (χ0v) is 11.6. The van der Waals surface area contributed by atoms with E-state index in [1.54, 1.807) is 25.1 Å². The molecule has 0 heterocycles. The second-order valence-corrected chi connectivity index (χ2v) is 5.03. The van der Waals surface area contributed by atoms with E-state index in [4.69, 9.17) is 23.2 Å². The first kappa shape index (κ1) is 14.1. The highest BCUT2D eigenvalue weighted by molar-refractivity contribution is 6.35. The van der Waals surface area contributed by atoms with Crippen LogP contribution in [0.15, 0.2) is 36.4 Å². The smallest absolute Gasteiger partial charge is 0.131 e. The van der Waals surface area contributed by atoms with Crippen LogP contribution >= 0.6 is 23.2 Å². The first-order valence-electron chi connectivity index (χ1n) is 5.64. The van der Waals surface area contributed by atoms with Crippen molar-refractivity contribution >= 4 is 28.9 Å². The summed E-state index contributed by atoms with van der Waals surface area (Å²) in [4.78, 5) is 0. The van der Waals surface area contributed by atoms with Crippen LogP contribution in [0.2, 0.25) is 10.0 Å². The SMILES string of the molecule is CC(Nc1cc(Cl)cc(Cl)c1)c1c(F)cccc1F. The fraction of sp³-hybridized carbons (Fsp3) is 0.143. The van der Waals surface area contributed by atoms with Crippen LogP contribution in [-0.4, -0.2) is 0 Å². The van der Waals surface area contributed by atoms with E-state index >= 15 is 0 Å². The highest BCUT2D eigenvalue weighted by atomic mass is 35.5. The Hall–Kier alpha value is -1.32. The predicted octanol–water partition coefficient (Wildman–Crippen LogP) is 5.44. The van der Waals surface area contributed by atoms with Crippen molar-refractivity contribution in [2.24, 2.45) is 0 Å². The fourth-order valence-electron chi connectivity index (χ4n) is 1.88. The van der Waals surface area contributed by atoms with E-state index in [1.807, 2.05) is 0 Å². The van der Waals surface area contributed by atoms with Crippen LogP contribution in [0, 0.1) is 11.6 Å². The Morgan fingerprint density at radius 2 is 1.53 bits per heavy atom. The molecule has 0 saturated carbocycles. The van der Waals surface area contributed by atoms with Crippen molar-refractivity contribution in [2.45, 2.75) is 13.0 Å². The normalized spacial score (nSPS) is 12.3. The minimum atomic E-state index is -0.590. The Kier molecular flexibility index (Phi) is 4.27. The molecule has 1 atom stereocenters. The van der Waals surface area contributed by atoms with Crippen molar-refractivity contribution in [3.63, 3.8) is 0 Å². The molecule has 0 aromatic heterocycles. The average Bonchev–Trinajstić information content (AvgIpc) is 2.26. The van der Waals surface area contributed by atoms with E-state index in [0.29, 0.717) is 15.7 Å². The van der Waals surface area contributed by atoms with Crippen LogP contribution in [0.5, 0.6) is 0 Å². The minimum Gasteiger partial charge on any atom is -0.378 e. The van der Waals surface area contributed by atoms with Crippen molar-refractivity contribution in [3.8, 4) is 0 Å². The molecule has 0 aliphatic rings. The van der Waals surface area contributed by atoms with E-state index in [-0.39, 0.29) is 5.56 Å². The van der Waals surface area contributed by atoms with Gasteiger partial charge in [0.1, 0.15) is 11.6 Å². The monoisotopic (exact) mass is 301 g/mol. The van der Waals surface area contributed by atoms with Crippen molar-refractivity contribution in [1.82, 2.24) is 0 Å². The van der Waals surface area contributed by atoms with Crippen molar-refractivity contribution < 1.29 is 8.78 Å². The molecule has 1 nitrogen and oxygen atoms in total. The van der Waals surface area contributed by atoms with E-state index in [9.17, 15) is 8.78 Å². The molecule has 0 radical (unpaired) electrons. The number of rotatable bonds is 3. The predicted molar refractivity (Wildman–Crippen MR) is 74.9 cm³/mol. The Bertz CT molecular complexity index is 561. The fourth-order valence-corrected chi connectivity index (χ4v) is 2.41. The average molecular weight is 302 g/mol. The summed E-state index contributed by atoms with van der Waals surface area (Å²) in [6.45, 7) is 1.66. The molecule has 100 valence electrons. The lowest BCUT2D eigenvalue weighted by Gasteiger charge is -2.17. The number of hydrogen-bond acceptors (Lipinski definition) is 1. The van der Waals surface area contributed by atoms with Crippen molar-refractivity contribution in [1.29, 1.82) is 0 Å². The van der Waals surface area contributed by atoms with Gasteiger partial charge < -0.3 is 5.32 Å². The maximum Gasteiger partial charge on any atom is 0.131 e. The molecule has 2 rings (SSSR count). The number of benzene rings is 2. The molecule has 2 aromatic rings. The zero-order valence-electron chi connectivity index (χ0n) is 10.1. The Morgan fingerprint density at radius 3 is 2.05 bits per heavy atom. The van der Waals surface area contributed by atoms with Gasteiger partial charge in [-0.15, -0.1) is 0 Å². The lowest BCUT2D eigenvalue weighted by molar-refractivity contribution is 0.544. The molecule has 19 heavy (non-hydrogen) atoms. The van der Waals surface area contributed by atoms with Crippen LogP contribution in [0.25, 0.3) is 0 Å². The molecule has 1 unspecified atom stereocenters. The number of halogens is 4. The summed E-state index contributed by atoms with van der Waals surface area (Å²) in [7, 11) is 0. The third kappa shape index (κ3) is 3.37. The maximum absolute atomic E-state index is 13.6. The Labute approximate surface area is 120 Å². The quantitative estimate of drug-likeness (QED) is 0.795. The summed E-state index contributed by atoms with van der Waals surface area (Å²) in [5, 5.41) is 3.88. The number of hydrogen-bond donors (Lipinski definition) is 1. The van der Waals surface area contributed by atoms with Gasteiger partial charge in [0.05, 0.1) is 6.04 Å². The van der Waals surface area contributed by atoms with E-state index < -0.39 is 17.7 Å². The van der Waals surface area contributed by atoms with Gasteiger partial charge in [0, 0.05) is 21.3 Å². The highest BCUT2D eigenvalue weighted by Crippen LogP contribution is 2.28. The second-order valence-electron chi connectivity index (χ2n) is 4.16. The van der Waals surface area contributed by atoms with Gasteiger partial charge in [-0.25, -0.2) is 8.78 Å². The maximum atomic E-state index is 13.6. The van der Waals surface area contributed by atoms with Gasteiger partial charge in [0.25, 0.3) is 0 Å². The molecule has 0 saturated heterocycles. The van der Waals surface area contributed by atoms with E-state index in [2.05, 4.69) is 5.32 Å². The van der Waals surface area contributed by atoms with Gasteiger partial charge >= 0.3 is 0 Å². The molecule has 0 spiro atoms. The first-order chi connectivity index (χ1) is 8.97. The summed E-state index contributed by atoms with van der Waals surface area (Å²) in [6, 6.07) is 8.10. The third-order valence-corrected chi connectivity index (χ3v) is 3.11. The van der Waals surface area contributed by atoms with Crippen LogP contribution < -0.4 is 5.32 Å². The molecule has 0 bridgehead atoms. The lowest BCUT2D eigenvalue weighted by atomic mass is 10.1. The van der Waals surface area contributed by atoms with E-state index in [1.165, 1.54) is 18.2 Å². The molecule has 0 aliphatic carbocycles. The number of nitrogens with one attached hydrogen (secondary N) is 1. The summed E-state index contributed by atoms with van der Waals surface area (Å²) >= 11 is 11.7. The Morgan fingerprint density at radius 1 is 1.00 bits per heavy atom. The van der Waals surface area contributed by atoms with Gasteiger partial charge in [-0.3, -0.25) is 0 Å². The molecule has 0 fully saturated rings. The zero-order chi connectivity index (χ0) is 14.0.